The number of sulfonamides is 2. The Balaban J connectivity index is 1.96. The zero-order valence-corrected chi connectivity index (χ0v) is 16.9. The fraction of sp³-hybridized carbons (Fsp3) is 0.294. The molecule has 0 fully saturated rings. The molecule has 28 heavy (non-hydrogen) atoms. The van der Waals surface area contributed by atoms with E-state index in [1.807, 2.05) is 0 Å². The van der Waals surface area contributed by atoms with Crippen molar-refractivity contribution in [2.24, 2.45) is 0 Å². The Morgan fingerprint density at radius 2 is 1.82 bits per heavy atom. The molecule has 11 heteroatoms. The maximum Gasteiger partial charge on any atom is 0.270 e. The van der Waals surface area contributed by atoms with Gasteiger partial charge in [0.1, 0.15) is 0 Å². The van der Waals surface area contributed by atoms with Crippen molar-refractivity contribution >= 4 is 37.1 Å². The van der Waals surface area contributed by atoms with Gasteiger partial charge in [0.2, 0.25) is 10.0 Å². The minimum atomic E-state index is -4.05. The number of nitrogens with zero attached hydrogens (tertiary/aromatic N) is 2. The highest BCUT2D eigenvalue weighted by atomic mass is 32.2. The maximum absolute atomic E-state index is 12.7. The number of nitro benzene ring substituents is 1. The number of non-ortho nitro benzene ring substituents is 1. The molecule has 0 saturated carbocycles. The van der Waals surface area contributed by atoms with E-state index in [-0.39, 0.29) is 16.3 Å². The predicted octanol–water partition coefficient (Wildman–Crippen LogP) is 2.42. The summed E-state index contributed by atoms with van der Waals surface area (Å²) in [5, 5.41) is 11.0. The third kappa shape index (κ3) is 3.94. The molecular formula is C17H19N3O6S2. The summed E-state index contributed by atoms with van der Waals surface area (Å²) in [6.07, 6.45) is 2.37. The molecule has 0 radical (unpaired) electrons. The van der Waals surface area contributed by atoms with Crippen molar-refractivity contribution in [2.75, 3.05) is 21.8 Å². The minimum Gasteiger partial charge on any atom is -0.280 e. The summed E-state index contributed by atoms with van der Waals surface area (Å²) in [6.45, 7) is 1.93. The molecule has 9 nitrogen and oxygen atoms in total. The number of hydrogen-bond acceptors (Lipinski definition) is 6. The molecule has 3 rings (SSSR count). The van der Waals surface area contributed by atoms with Crippen LogP contribution in [0.4, 0.5) is 17.1 Å². The van der Waals surface area contributed by atoms with Gasteiger partial charge in [-0.05, 0) is 49.1 Å². The normalized spacial score (nSPS) is 14.4. The molecule has 0 unspecified atom stereocenters. The molecule has 1 N–H and O–H groups in total. The van der Waals surface area contributed by atoms with Gasteiger partial charge in [-0.2, -0.15) is 0 Å². The second-order valence-electron chi connectivity index (χ2n) is 6.59. The molecule has 2 aromatic rings. The van der Waals surface area contributed by atoms with Crippen molar-refractivity contribution in [2.45, 2.75) is 24.7 Å². The number of hydrogen-bond donors (Lipinski definition) is 1. The molecule has 1 heterocycles. The molecule has 150 valence electrons. The third-order valence-electron chi connectivity index (χ3n) is 4.48. The molecule has 1 aliphatic rings. The minimum absolute atomic E-state index is 0.183. The van der Waals surface area contributed by atoms with E-state index >= 15 is 0 Å². The van der Waals surface area contributed by atoms with Gasteiger partial charge in [0.05, 0.1) is 21.8 Å². The Morgan fingerprint density at radius 3 is 2.46 bits per heavy atom. The Bertz CT molecular complexity index is 1160. The number of nitrogens with one attached hydrogen (secondary N) is 1. The van der Waals surface area contributed by atoms with E-state index in [1.54, 1.807) is 19.1 Å². The van der Waals surface area contributed by atoms with Crippen LogP contribution in [0.1, 0.15) is 17.5 Å². The van der Waals surface area contributed by atoms with Crippen molar-refractivity contribution in [3.05, 3.63) is 57.6 Å². The largest absolute Gasteiger partial charge is 0.280 e. The van der Waals surface area contributed by atoms with Crippen LogP contribution >= 0.6 is 0 Å². The Kier molecular flexibility index (Phi) is 5.06. The third-order valence-corrected chi connectivity index (χ3v) is 7.18. The van der Waals surface area contributed by atoms with Gasteiger partial charge in [-0.15, -0.1) is 0 Å². The number of fused-ring (bicyclic) bond motifs is 1. The standard InChI is InChI=1S/C17H19N3O6S2/c1-12-5-7-15(20(21)22)11-17(12)28(25,26)18-14-6-8-16-13(10-14)4-3-9-19(16)27(2,23)24/h5-8,10-11,18H,3-4,9H2,1-2H3. The van der Waals surface area contributed by atoms with Gasteiger partial charge >= 0.3 is 0 Å². The summed E-state index contributed by atoms with van der Waals surface area (Å²) in [5.74, 6) is 0. The van der Waals surface area contributed by atoms with Crippen LogP contribution in [0, 0.1) is 17.0 Å². The second-order valence-corrected chi connectivity index (χ2v) is 10.2. The molecule has 0 aliphatic carbocycles. The molecule has 0 amide bonds. The van der Waals surface area contributed by atoms with Crippen molar-refractivity contribution in [1.29, 1.82) is 0 Å². The van der Waals surface area contributed by atoms with Crippen LogP contribution in [0.3, 0.4) is 0 Å². The van der Waals surface area contributed by atoms with Gasteiger partial charge in [-0.1, -0.05) is 6.07 Å². The first-order chi connectivity index (χ1) is 13.0. The molecule has 2 aromatic carbocycles. The van der Waals surface area contributed by atoms with Gasteiger partial charge < -0.3 is 0 Å². The fourth-order valence-corrected chi connectivity index (χ4v) is 5.48. The summed E-state index contributed by atoms with van der Waals surface area (Å²) < 4.78 is 53.1. The van der Waals surface area contributed by atoms with Gasteiger partial charge in [0.25, 0.3) is 15.7 Å². The molecular weight excluding hydrogens is 406 g/mol. The quantitative estimate of drug-likeness (QED) is 0.579. The zero-order chi connectivity index (χ0) is 20.7. The molecule has 0 spiro atoms. The number of rotatable bonds is 5. The van der Waals surface area contributed by atoms with Crippen LogP contribution in [0.15, 0.2) is 41.3 Å². The lowest BCUT2D eigenvalue weighted by Crippen LogP contribution is -2.34. The summed E-state index contributed by atoms with van der Waals surface area (Å²) in [5.41, 5.74) is 1.57. The van der Waals surface area contributed by atoms with Crippen molar-refractivity contribution in [3.63, 3.8) is 0 Å². The van der Waals surface area contributed by atoms with E-state index in [0.717, 1.165) is 12.3 Å². The molecule has 0 bridgehead atoms. The lowest BCUT2D eigenvalue weighted by atomic mass is 10.0. The first-order valence-corrected chi connectivity index (χ1v) is 11.7. The zero-order valence-electron chi connectivity index (χ0n) is 15.2. The van der Waals surface area contributed by atoms with Crippen molar-refractivity contribution in [3.8, 4) is 0 Å². The number of benzene rings is 2. The van der Waals surface area contributed by atoms with Crippen LogP contribution in [0.2, 0.25) is 0 Å². The van der Waals surface area contributed by atoms with Gasteiger partial charge in [-0.3, -0.25) is 19.1 Å². The molecule has 0 atom stereocenters. The summed E-state index contributed by atoms with van der Waals surface area (Å²) in [6, 6.07) is 8.27. The lowest BCUT2D eigenvalue weighted by molar-refractivity contribution is -0.385. The van der Waals surface area contributed by atoms with Crippen molar-refractivity contribution in [1.82, 2.24) is 0 Å². The molecule has 0 aromatic heterocycles. The summed E-state index contributed by atoms with van der Waals surface area (Å²) in [7, 11) is -7.47. The highest BCUT2D eigenvalue weighted by molar-refractivity contribution is 7.92. The second kappa shape index (κ2) is 7.06. The molecule has 0 saturated heterocycles. The van der Waals surface area contributed by atoms with E-state index in [2.05, 4.69) is 4.72 Å². The lowest BCUT2D eigenvalue weighted by Gasteiger charge is -2.29. The first kappa shape index (κ1) is 20.1. The Labute approximate surface area is 163 Å². The van der Waals surface area contributed by atoms with E-state index in [0.29, 0.717) is 36.2 Å². The van der Waals surface area contributed by atoms with E-state index < -0.39 is 25.0 Å². The Morgan fingerprint density at radius 1 is 1.11 bits per heavy atom. The van der Waals surface area contributed by atoms with Crippen LogP contribution in [-0.2, 0) is 26.5 Å². The monoisotopic (exact) mass is 425 g/mol. The fourth-order valence-electron chi connectivity index (χ4n) is 3.17. The molecule has 1 aliphatic heterocycles. The van der Waals surface area contributed by atoms with E-state index in [9.17, 15) is 26.9 Å². The average Bonchev–Trinajstić information content (AvgIpc) is 2.59. The average molecular weight is 425 g/mol. The maximum atomic E-state index is 12.7. The smallest absolute Gasteiger partial charge is 0.270 e. The number of anilines is 2. The van der Waals surface area contributed by atoms with E-state index in [4.69, 9.17) is 0 Å². The number of nitro groups is 1. The first-order valence-electron chi connectivity index (χ1n) is 8.37. The highest BCUT2D eigenvalue weighted by Crippen LogP contribution is 2.32. The van der Waals surface area contributed by atoms with Crippen LogP contribution in [0.5, 0.6) is 0 Å². The SMILES string of the molecule is Cc1ccc([N+](=O)[O-])cc1S(=O)(=O)Nc1ccc2c(c1)CCCN2S(C)(=O)=O. The van der Waals surface area contributed by atoms with Crippen molar-refractivity contribution < 1.29 is 21.8 Å². The predicted molar refractivity (Wildman–Crippen MR) is 106 cm³/mol. The van der Waals surface area contributed by atoms with Crippen LogP contribution < -0.4 is 9.03 Å². The van der Waals surface area contributed by atoms with Gasteiger partial charge in [-0.25, -0.2) is 16.8 Å². The number of aryl methyl sites for hydroxylation is 2. The Hall–Kier alpha value is -2.66. The van der Waals surface area contributed by atoms with Crippen LogP contribution in [0.25, 0.3) is 0 Å². The summed E-state index contributed by atoms with van der Waals surface area (Å²) >= 11 is 0. The van der Waals surface area contributed by atoms with Gasteiger partial charge in [0, 0.05) is 24.4 Å². The van der Waals surface area contributed by atoms with Crippen LogP contribution in [-0.4, -0.2) is 34.6 Å². The summed E-state index contributed by atoms with van der Waals surface area (Å²) in [4.78, 5) is 10.1. The highest BCUT2D eigenvalue weighted by Gasteiger charge is 2.25. The van der Waals surface area contributed by atoms with E-state index in [1.165, 1.54) is 22.5 Å². The topological polar surface area (TPSA) is 127 Å². The van der Waals surface area contributed by atoms with Gasteiger partial charge in [0.15, 0.2) is 0 Å².